The molecule has 0 aromatic carbocycles. The second kappa shape index (κ2) is 3.35. The van der Waals surface area contributed by atoms with Crippen LogP contribution in [0.1, 0.15) is 36.4 Å². The lowest BCUT2D eigenvalue weighted by atomic mass is 9.83. The maximum Gasteiger partial charge on any atom is 0.315 e. The van der Waals surface area contributed by atoms with Gasteiger partial charge in [0.1, 0.15) is 5.41 Å². The number of nitrogens with zero attached hydrogens (tertiary/aromatic N) is 1. The molecular formula is C10H13NO2S. The number of hydrogen-bond donors (Lipinski definition) is 1. The van der Waals surface area contributed by atoms with Crippen LogP contribution in [0, 0.1) is 6.92 Å². The fraction of sp³-hybridized carbons (Fsp3) is 0.600. The van der Waals surface area contributed by atoms with Gasteiger partial charge >= 0.3 is 5.97 Å². The zero-order valence-electron chi connectivity index (χ0n) is 8.12. The molecule has 1 aromatic rings. The van der Waals surface area contributed by atoms with Crippen LogP contribution in [0.2, 0.25) is 0 Å². The van der Waals surface area contributed by atoms with Crippen molar-refractivity contribution in [2.45, 2.75) is 38.0 Å². The van der Waals surface area contributed by atoms with Crippen molar-refractivity contribution >= 4 is 17.3 Å². The second-order valence-electron chi connectivity index (χ2n) is 3.85. The van der Waals surface area contributed by atoms with Gasteiger partial charge in [-0.05, 0) is 19.8 Å². The molecule has 1 fully saturated rings. The second-order valence-corrected chi connectivity index (χ2v) is 4.91. The van der Waals surface area contributed by atoms with Crippen molar-refractivity contribution in [3.05, 3.63) is 16.1 Å². The first kappa shape index (κ1) is 9.65. The van der Waals surface area contributed by atoms with E-state index < -0.39 is 11.4 Å². The van der Waals surface area contributed by atoms with Gasteiger partial charge in [-0.3, -0.25) is 4.79 Å². The molecule has 0 spiro atoms. The van der Waals surface area contributed by atoms with Gasteiger partial charge in [-0.1, -0.05) is 12.8 Å². The topological polar surface area (TPSA) is 50.2 Å². The SMILES string of the molecule is Cc1nc(C2(C(=O)O)CCCC2)cs1. The minimum absolute atomic E-state index is 0.676. The predicted octanol–water partition coefficient (Wildman–Crippen LogP) is 2.35. The standard InChI is InChI=1S/C10H13NO2S/c1-7-11-8(6-14-7)10(9(12)13)4-2-3-5-10/h6H,2-5H2,1H3,(H,12,13). The summed E-state index contributed by atoms with van der Waals surface area (Å²) in [7, 11) is 0. The molecule has 76 valence electrons. The molecule has 1 saturated carbocycles. The summed E-state index contributed by atoms with van der Waals surface area (Å²) in [6.45, 7) is 1.92. The van der Waals surface area contributed by atoms with Crippen molar-refractivity contribution < 1.29 is 9.90 Å². The number of aromatic nitrogens is 1. The zero-order valence-corrected chi connectivity index (χ0v) is 8.93. The largest absolute Gasteiger partial charge is 0.481 e. The lowest BCUT2D eigenvalue weighted by molar-refractivity contribution is -0.143. The van der Waals surface area contributed by atoms with Crippen LogP contribution in [0.4, 0.5) is 0 Å². The van der Waals surface area contributed by atoms with Crippen LogP contribution in [0.15, 0.2) is 5.38 Å². The molecule has 0 saturated heterocycles. The number of thiazole rings is 1. The highest BCUT2D eigenvalue weighted by Gasteiger charge is 2.44. The maximum absolute atomic E-state index is 11.3. The maximum atomic E-state index is 11.3. The molecule has 0 radical (unpaired) electrons. The number of aryl methyl sites for hydroxylation is 1. The smallest absolute Gasteiger partial charge is 0.315 e. The van der Waals surface area contributed by atoms with E-state index in [-0.39, 0.29) is 0 Å². The fourth-order valence-electron chi connectivity index (χ4n) is 2.14. The molecule has 0 amide bonds. The normalized spacial score (nSPS) is 19.8. The molecule has 1 heterocycles. The van der Waals surface area contributed by atoms with Crippen molar-refractivity contribution in [1.82, 2.24) is 4.98 Å². The van der Waals surface area contributed by atoms with E-state index in [4.69, 9.17) is 0 Å². The number of carboxylic acids is 1. The number of aliphatic carboxylic acids is 1. The van der Waals surface area contributed by atoms with Gasteiger partial charge in [0.05, 0.1) is 10.7 Å². The first-order valence-corrected chi connectivity index (χ1v) is 5.69. The highest BCUT2D eigenvalue weighted by Crippen LogP contribution is 2.41. The molecule has 3 nitrogen and oxygen atoms in total. The summed E-state index contributed by atoms with van der Waals surface area (Å²) < 4.78 is 0. The predicted molar refractivity (Wildman–Crippen MR) is 54.6 cm³/mol. The highest BCUT2D eigenvalue weighted by atomic mass is 32.1. The third kappa shape index (κ3) is 1.34. The number of hydrogen-bond acceptors (Lipinski definition) is 3. The molecule has 1 N–H and O–H groups in total. The van der Waals surface area contributed by atoms with Crippen LogP contribution in [0.25, 0.3) is 0 Å². The Labute approximate surface area is 86.8 Å². The Morgan fingerprint density at radius 1 is 1.57 bits per heavy atom. The van der Waals surface area contributed by atoms with Crippen LogP contribution in [0.5, 0.6) is 0 Å². The minimum Gasteiger partial charge on any atom is -0.481 e. The molecule has 0 atom stereocenters. The quantitative estimate of drug-likeness (QED) is 0.817. The summed E-state index contributed by atoms with van der Waals surface area (Å²) in [6.07, 6.45) is 3.49. The van der Waals surface area contributed by atoms with Crippen LogP contribution in [-0.4, -0.2) is 16.1 Å². The first-order chi connectivity index (χ1) is 6.65. The van der Waals surface area contributed by atoms with Crippen molar-refractivity contribution in [2.75, 3.05) is 0 Å². The van der Waals surface area contributed by atoms with Gasteiger partial charge in [0.2, 0.25) is 0 Å². The Hall–Kier alpha value is -0.900. The molecule has 1 aromatic heterocycles. The van der Waals surface area contributed by atoms with E-state index in [0.717, 1.165) is 36.4 Å². The molecule has 4 heteroatoms. The third-order valence-corrected chi connectivity index (χ3v) is 3.75. The lowest BCUT2D eigenvalue weighted by Gasteiger charge is -2.20. The van der Waals surface area contributed by atoms with Crippen molar-refractivity contribution in [1.29, 1.82) is 0 Å². The van der Waals surface area contributed by atoms with Crippen LogP contribution in [0.3, 0.4) is 0 Å². The summed E-state index contributed by atoms with van der Waals surface area (Å²) >= 11 is 1.53. The van der Waals surface area contributed by atoms with E-state index in [0.29, 0.717) is 0 Å². The summed E-state index contributed by atoms with van der Waals surface area (Å²) in [5.41, 5.74) is 0.0927. The minimum atomic E-state index is -0.708. The molecule has 1 aliphatic carbocycles. The van der Waals surface area contributed by atoms with Crippen molar-refractivity contribution in [3.8, 4) is 0 Å². The van der Waals surface area contributed by atoms with Crippen molar-refractivity contribution in [2.24, 2.45) is 0 Å². The summed E-state index contributed by atoms with van der Waals surface area (Å²) in [5.74, 6) is -0.708. The molecule has 1 aliphatic rings. The summed E-state index contributed by atoms with van der Waals surface area (Å²) in [4.78, 5) is 15.6. The Bertz CT molecular complexity index is 353. The van der Waals surface area contributed by atoms with Gasteiger partial charge in [0.15, 0.2) is 0 Å². The monoisotopic (exact) mass is 211 g/mol. The van der Waals surface area contributed by atoms with E-state index in [9.17, 15) is 9.90 Å². The van der Waals surface area contributed by atoms with E-state index in [1.807, 2.05) is 12.3 Å². The average Bonchev–Trinajstić information content (AvgIpc) is 2.71. The summed E-state index contributed by atoms with van der Waals surface area (Å²) in [6, 6.07) is 0. The molecule has 0 aliphatic heterocycles. The molecule has 0 unspecified atom stereocenters. The number of carbonyl (C=O) groups is 1. The molecule has 2 rings (SSSR count). The third-order valence-electron chi connectivity index (χ3n) is 2.98. The van der Waals surface area contributed by atoms with Gasteiger partial charge in [0, 0.05) is 5.38 Å². The molecule has 14 heavy (non-hydrogen) atoms. The van der Waals surface area contributed by atoms with E-state index in [1.54, 1.807) is 0 Å². The van der Waals surface area contributed by atoms with Gasteiger partial charge < -0.3 is 5.11 Å². The van der Waals surface area contributed by atoms with Gasteiger partial charge in [-0.15, -0.1) is 11.3 Å². The highest BCUT2D eigenvalue weighted by molar-refractivity contribution is 7.09. The first-order valence-electron chi connectivity index (χ1n) is 4.81. The van der Waals surface area contributed by atoms with Crippen LogP contribution < -0.4 is 0 Å². The van der Waals surface area contributed by atoms with Gasteiger partial charge in [0.25, 0.3) is 0 Å². The molecular weight excluding hydrogens is 198 g/mol. The molecule has 0 bridgehead atoms. The lowest BCUT2D eigenvalue weighted by Crippen LogP contribution is -2.32. The van der Waals surface area contributed by atoms with Gasteiger partial charge in [-0.25, -0.2) is 4.98 Å². The van der Waals surface area contributed by atoms with E-state index >= 15 is 0 Å². The Morgan fingerprint density at radius 2 is 2.21 bits per heavy atom. The van der Waals surface area contributed by atoms with E-state index in [1.165, 1.54) is 11.3 Å². The van der Waals surface area contributed by atoms with E-state index in [2.05, 4.69) is 4.98 Å². The Kier molecular flexibility index (Phi) is 2.31. The Morgan fingerprint density at radius 3 is 2.64 bits per heavy atom. The van der Waals surface area contributed by atoms with Gasteiger partial charge in [-0.2, -0.15) is 0 Å². The number of carboxylic acid groups (broad SMARTS) is 1. The number of rotatable bonds is 2. The van der Waals surface area contributed by atoms with Crippen LogP contribution >= 0.6 is 11.3 Å². The summed E-state index contributed by atoms with van der Waals surface area (Å²) in [5, 5.41) is 12.1. The van der Waals surface area contributed by atoms with Crippen molar-refractivity contribution in [3.63, 3.8) is 0 Å². The fourth-order valence-corrected chi connectivity index (χ4v) is 2.85. The Balaban J connectivity index is 2.41. The average molecular weight is 211 g/mol. The zero-order chi connectivity index (χ0) is 10.2. The van der Waals surface area contributed by atoms with Crippen LogP contribution in [-0.2, 0) is 10.2 Å².